The van der Waals surface area contributed by atoms with Gasteiger partial charge in [0, 0.05) is 13.3 Å². The number of carbonyl (C=O) groups excluding carboxylic acids is 1. The van der Waals surface area contributed by atoms with E-state index in [1.165, 1.54) is 6.92 Å². The van der Waals surface area contributed by atoms with Crippen LogP contribution in [0.1, 0.15) is 47.0 Å². The highest BCUT2D eigenvalue weighted by molar-refractivity contribution is 5.66. The van der Waals surface area contributed by atoms with Crippen LogP contribution >= 0.6 is 0 Å². The molecule has 0 aromatic rings. The maximum absolute atomic E-state index is 11.0. The molecule has 1 saturated carbocycles. The first kappa shape index (κ1) is 12.5. The van der Waals surface area contributed by atoms with Gasteiger partial charge in [-0.25, -0.2) is 0 Å². The molecule has 1 rings (SSSR count). The number of aliphatic hydroxyl groups is 1. The molecule has 0 amide bonds. The summed E-state index contributed by atoms with van der Waals surface area (Å²) in [7, 11) is 0. The molecule has 0 saturated heterocycles. The van der Waals surface area contributed by atoms with E-state index in [9.17, 15) is 9.90 Å². The summed E-state index contributed by atoms with van der Waals surface area (Å²) in [6.45, 7) is 7.53. The summed E-state index contributed by atoms with van der Waals surface area (Å²) in [5, 5.41) is 9.97. The Hall–Kier alpha value is -0.570. The maximum Gasteiger partial charge on any atom is 0.302 e. The second-order valence-electron chi connectivity index (χ2n) is 5.30. The fraction of sp³-hybridized carbons (Fsp3) is 0.917. The van der Waals surface area contributed by atoms with E-state index in [2.05, 4.69) is 13.8 Å². The third kappa shape index (κ3) is 3.49. The Balaban J connectivity index is 2.69. The van der Waals surface area contributed by atoms with Crippen LogP contribution in [0.3, 0.4) is 0 Å². The van der Waals surface area contributed by atoms with E-state index in [1.807, 2.05) is 6.92 Å². The Bertz CT molecular complexity index is 233. The Morgan fingerprint density at radius 3 is 2.60 bits per heavy atom. The van der Waals surface area contributed by atoms with Gasteiger partial charge in [0.25, 0.3) is 0 Å². The average Bonchev–Trinajstić information content (AvgIpc) is 1.99. The SMILES string of the molecule is CC(=O)O[C@@H]1C[C@@](C)(O)CC[C@H]1C(C)C. The molecule has 0 aliphatic heterocycles. The summed E-state index contributed by atoms with van der Waals surface area (Å²) in [5.74, 6) is 0.628. The van der Waals surface area contributed by atoms with Gasteiger partial charge in [-0.1, -0.05) is 13.8 Å². The topological polar surface area (TPSA) is 46.5 Å². The van der Waals surface area contributed by atoms with Crippen molar-refractivity contribution in [3.63, 3.8) is 0 Å². The van der Waals surface area contributed by atoms with E-state index < -0.39 is 5.60 Å². The molecule has 1 fully saturated rings. The smallest absolute Gasteiger partial charge is 0.302 e. The molecule has 88 valence electrons. The van der Waals surface area contributed by atoms with Crippen LogP contribution in [0.15, 0.2) is 0 Å². The summed E-state index contributed by atoms with van der Waals surface area (Å²) < 4.78 is 5.30. The molecule has 3 heteroatoms. The van der Waals surface area contributed by atoms with Crippen molar-refractivity contribution in [2.45, 2.75) is 58.7 Å². The minimum absolute atomic E-state index is 0.119. The zero-order chi connectivity index (χ0) is 11.6. The second-order valence-corrected chi connectivity index (χ2v) is 5.30. The van der Waals surface area contributed by atoms with Crippen LogP contribution in [0.25, 0.3) is 0 Å². The normalized spacial score (nSPS) is 36.7. The average molecular weight is 214 g/mol. The van der Waals surface area contributed by atoms with E-state index >= 15 is 0 Å². The van der Waals surface area contributed by atoms with Gasteiger partial charge >= 0.3 is 5.97 Å². The van der Waals surface area contributed by atoms with Crippen molar-refractivity contribution in [2.75, 3.05) is 0 Å². The van der Waals surface area contributed by atoms with Crippen molar-refractivity contribution in [3.05, 3.63) is 0 Å². The van der Waals surface area contributed by atoms with Gasteiger partial charge in [-0.2, -0.15) is 0 Å². The summed E-state index contributed by atoms with van der Waals surface area (Å²) >= 11 is 0. The van der Waals surface area contributed by atoms with E-state index in [0.29, 0.717) is 18.3 Å². The van der Waals surface area contributed by atoms with Gasteiger partial charge in [-0.05, 0) is 31.6 Å². The van der Waals surface area contributed by atoms with Crippen LogP contribution in [0.5, 0.6) is 0 Å². The van der Waals surface area contributed by atoms with Gasteiger partial charge in [0.1, 0.15) is 6.10 Å². The van der Waals surface area contributed by atoms with Gasteiger partial charge in [-0.3, -0.25) is 4.79 Å². The Morgan fingerprint density at radius 2 is 2.13 bits per heavy atom. The number of hydrogen-bond donors (Lipinski definition) is 1. The standard InChI is InChI=1S/C12H22O3/c1-8(2)10-5-6-12(4,14)7-11(10)15-9(3)13/h8,10-11,14H,5-7H2,1-4H3/t10-,11+,12-/m0/s1. The molecule has 3 nitrogen and oxygen atoms in total. The lowest BCUT2D eigenvalue weighted by Gasteiger charge is -2.40. The van der Waals surface area contributed by atoms with Gasteiger partial charge < -0.3 is 9.84 Å². The van der Waals surface area contributed by atoms with E-state index in [0.717, 1.165) is 12.8 Å². The van der Waals surface area contributed by atoms with Crippen molar-refractivity contribution in [1.82, 2.24) is 0 Å². The lowest BCUT2D eigenvalue weighted by Crippen LogP contribution is -2.43. The molecule has 0 aromatic heterocycles. The van der Waals surface area contributed by atoms with Crippen molar-refractivity contribution in [3.8, 4) is 0 Å². The largest absolute Gasteiger partial charge is 0.462 e. The molecule has 0 unspecified atom stereocenters. The molecular formula is C12H22O3. The van der Waals surface area contributed by atoms with Gasteiger partial charge in [0.05, 0.1) is 5.60 Å². The van der Waals surface area contributed by atoms with Crippen LogP contribution in [0.2, 0.25) is 0 Å². The first-order valence-corrected chi connectivity index (χ1v) is 5.71. The highest BCUT2D eigenvalue weighted by atomic mass is 16.5. The van der Waals surface area contributed by atoms with E-state index in [-0.39, 0.29) is 12.1 Å². The molecule has 1 aliphatic carbocycles. The zero-order valence-corrected chi connectivity index (χ0v) is 10.1. The van der Waals surface area contributed by atoms with Crippen LogP contribution in [-0.4, -0.2) is 22.8 Å². The van der Waals surface area contributed by atoms with Crippen LogP contribution < -0.4 is 0 Å². The molecule has 1 N–H and O–H groups in total. The fourth-order valence-corrected chi connectivity index (χ4v) is 2.46. The maximum atomic E-state index is 11.0. The first-order chi connectivity index (χ1) is 6.82. The summed E-state index contributed by atoms with van der Waals surface area (Å²) in [5.41, 5.74) is -0.675. The molecule has 15 heavy (non-hydrogen) atoms. The Morgan fingerprint density at radius 1 is 1.53 bits per heavy atom. The molecule has 3 atom stereocenters. The third-order valence-electron chi connectivity index (χ3n) is 3.31. The Kier molecular flexibility index (Phi) is 3.77. The van der Waals surface area contributed by atoms with Gasteiger partial charge in [-0.15, -0.1) is 0 Å². The van der Waals surface area contributed by atoms with Gasteiger partial charge in [0.2, 0.25) is 0 Å². The number of ether oxygens (including phenoxy) is 1. The van der Waals surface area contributed by atoms with Gasteiger partial charge in [0.15, 0.2) is 0 Å². The van der Waals surface area contributed by atoms with Crippen molar-refractivity contribution in [2.24, 2.45) is 11.8 Å². The number of rotatable bonds is 2. The predicted octanol–water partition coefficient (Wildman–Crippen LogP) is 2.13. The van der Waals surface area contributed by atoms with Crippen LogP contribution in [-0.2, 0) is 9.53 Å². The van der Waals surface area contributed by atoms with Crippen LogP contribution in [0.4, 0.5) is 0 Å². The quantitative estimate of drug-likeness (QED) is 0.716. The highest BCUT2D eigenvalue weighted by Crippen LogP contribution is 2.37. The van der Waals surface area contributed by atoms with Crippen molar-refractivity contribution in [1.29, 1.82) is 0 Å². The van der Waals surface area contributed by atoms with E-state index in [1.54, 1.807) is 0 Å². The lowest BCUT2D eigenvalue weighted by molar-refractivity contribution is -0.159. The lowest BCUT2D eigenvalue weighted by atomic mass is 9.73. The van der Waals surface area contributed by atoms with E-state index in [4.69, 9.17) is 4.74 Å². The molecule has 0 spiro atoms. The summed E-state index contributed by atoms with van der Waals surface area (Å²) in [6, 6.07) is 0. The summed E-state index contributed by atoms with van der Waals surface area (Å²) in [6.07, 6.45) is 2.18. The fourth-order valence-electron chi connectivity index (χ4n) is 2.46. The number of carbonyl (C=O) groups is 1. The third-order valence-corrected chi connectivity index (χ3v) is 3.31. The molecule has 0 aromatic carbocycles. The predicted molar refractivity (Wildman–Crippen MR) is 58.4 cm³/mol. The molecular weight excluding hydrogens is 192 g/mol. The monoisotopic (exact) mass is 214 g/mol. The molecule has 0 heterocycles. The zero-order valence-electron chi connectivity index (χ0n) is 10.1. The minimum Gasteiger partial charge on any atom is -0.462 e. The van der Waals surface area contributed by atoms with Crippen molar-refractivity contribution >= 4 is 5.97 Å². The minimum atomic E-state index is -0.675. The van der Waals surface area contributed by atoms with Crippen molar-refractivity contribution < 1.29 is 14.6 Å². The molecule has 1 aliphatic rings. The number of esters is 1. The summed E-state index contributed by atoms with van der Waals surface area (Å²) in [4.78, 5) is 11.0. The highest BCUT2D eigenvalue weighted by Gasteiger charge is 2.39. The first-order valence-electron chi connectivity index (χ1n) is 5.71. The number of hydrogen-bond acceptors (Lipinski definition) is 3. The van der Waals surface area contributed by atoms with Crippen LogP contribution in [0, 0.1) is 11.8 Å². The Labute approximate surface area is 91.8 Å². The molecule has 0 bridgehead atoms. The molecule has 0 radical (unpaired) electrons. The second kappa shape index (κ2) is 4.52.